The molecule has 1 nitrogen and oxygen atoms in total. The van der Waals surface area contributed by atoms with Crippen LogP contribution in [0.5, 0.6) is 0 Å². The van der Waals surface area contributed by atoms with E-state index in [-0.39, 0.29) is 0 Å². The minimum atomic E-state index is -2.78. The molecule has 0 saturated heterocycles. The van der Waals surface area contributed by atoms with E-state index in [0.29, 0.717) is 0 Å². The van der Waals surface area contributed by atoms with E-state index >= 15 is 0 Å². The van der Waals surface area contributed by atoms with E-state index in [0.717, 1.165) is 16.2 Å². The van der Waals surface area contributed by atoms with Crippen molar-refractivity contribution in [3.63, 3.8) is 0 Å². The molecular weight excluding hydrogens is 299 g/mol. The normalized spacial score (nSPS) is 11.7. The fourth-order valence-corrected chi connectivity index (χ4v) is 4.74. The topological polar surface area (TPSA) is 17.1 Å². The third-order valence-corrected chi connectivity index (χ3v) is 6.53. The van der Waals surface area contributed by atoms with Crippen LogP contribution in [0.25, 0.3) is 6.08 Å². The van der Waals surface area contributed by atoms with E-state index in [1.807, 2.05) is 84.7 Å². The summed E-state index contributed by atoms with van der Waals surface area (Å²) < 4.78 is 13.8. The van der Waals surface area contributed by atoms with Crippen LogP contribution in [0.15, 0.2) is 90.7 Å². The summed E-state index contributed by atoms with van der Waals surface area (Å²) in [5.41, 5.74) is 2.28. The van der Waals surface area contributed by atoms with Gasteiger partial charge in [-0.15, -0.1) is 0 Å². The van der Waals surface area contributed by atoms with Crippen molar-refractivity contribution in [2.24, 2.45) is 0 Å². The first kappa shape index (κ1) is 15.5. The largest absolute Gasteiger partial charge is 0.309 e. The molecule has 3 aromatic carbocycles. The van der Waals surface area contributed by atoms with Crippen LogP contribution in [0.3, 0.4) is 0 Å². The molecule has 0 heterocycles. The van der Waals surface area contributed by atoms with Gasteiger partial charge < -0.3 is 4.57 Å². The lowest BCUT2D eigenvalue weighted by molar-refractivity contribution is 0.592. The quantitative estimate of drug-likeness (QED) is 0.620. The predicted octanol–water partition coefficient (Wildman–Crippen LogP) is 4.98. The van der Waals surface area contributed by atoms with Crippen molar-refractivity contribution in [2.45, 2.75) is 6.92 Å². The third kappa shape index (κ3) is 3.52. The van der Waals surface area contributed by atoms with Crippen molar-refractivity contribution in [2.75, 3.05) is 0 Å². The van der Waals surface area contributed by atoms with Crippen LogP contribution >= 0.6 is 7.14 Å². The SMILES string of the molecule is Cc1ccc(/C=C\P(=O)(c2ccccc2)c2ccccc2)cc1. The molecule has 0 aliphatic heterocycles. The van der Waals surface area contributed by atoms with Gasteiger partial charge in [0.05, 0.1) is 0 Å². The summed E-state index contributed by atoms with van der Waals surface area (Å²) in [6.45, 7) is 2.06. The lowest BCUT2D eigenvalue weighted by atomic mass is 10.2. The van der Waals surface area contributed by atoms with E-state index < -0.39 is 7.14 Å². The maximum absolute atomic E-state index is 13.8. The molecule has 0 radical (unpaired) electrons. The Bertz CT molecular complexity index is 791. The number of hydrogen-bond acceptors (Lipinski definition) is 1. The van der Waals surface area contributed by atoms with Gasteiger partial charge in [-0.05, 0) is 18.3 Å². The molecule has 23 heavy (non-hydrogen) atoms. The molecule has 0 bridgehead atoms. The minimum absolute atomic E-state index is 0.856. The van der Waals surface area contributed by atoms with Crippen LogP contribution < -0.4 is 10.6 Å². The van der Waals surface area contributed by atoms with Crippen LogP contribution in [0.2, 0.25) is 0 Å². The molecule has 0 saturated carbocycles. The van der Waals surface area contributed by atoms with Crippen molar-refractivity contribution in [3.05, 3.63) is 102 Å². The average Bonchev–Trinajstić information content (AvgIpc) is 2.62. The minimum Gasteiger partial charge on any atom is -0.309 e. The average molecular weight is 318 g/mol. The molecule has 0 amide bonds. The fraction of sp³-hybridized carbons (Fsp3) is 0.0476. The van der Waals surface area contributed by atoms with Crippen LogP contribution in [0.4, 0.5) is 0 Å². The Labute approximate surface area is 137 Å². The first-order valence-corrected chi connectivity index (χ1v) is 9.43. The molecule has 2 heteroatoms. The zero-order valence-corrected chi connectivity index (χ0v) is 14.0. The van der Waals surface area contributed by atoms with Crippen molar-refractivity contribution in [1.82, 2.24) is 0 Å². The van der Waals surface area contributed by atoms with E-state index in [1.54, 1.807) is 0 Å². The van der Waals surface area contributed by atoms with Gasteiger partial charge in [0.15, 0.2) is 7.14 Å². The molecule has 0 unspecified atom stereocenters. The van der Waals surface area contributed by atoms with E-state index in [9.17, 15) is 4.57 Å². The summed E-state index contributed by atoms with van der Waals surface area (Å²) in [5, 5.41) is 1.71. The van der Waals surface area contributed by atoms with E-state index in [2.05, 4.69) is 19.1 Å². The number of hydrogen-bond donors (Lipinski definition) is 0. The number of rotatable bonds is 4. The van der Waals surface area contributed by atoms with Gasteiger partial charge in [0.1, 0.15) is 0 Å². The molecular formula is C21H19OP. The summed E-state index contributed by atoms with van der Waals surface area (Å²) in [5.74, 6) is 1.86. The Balaban J connectivity index is 2.06. The van der Waals surface area contributed by atoms with Gasteiger partial charge in [-0.25, -0.2) is 0 Å². The Morgan fingerprint density at radius 3 is 1.65 bits per heavy atom. The Morgan fingerprint density at radius 2 is 1.17 bits per heavy atom. The van der Waals surface area contributed by atoms with Gasteiger partial charge in [-0.3, -0.25) is 0 Å². The highest BCUT2D eigenvalue weighted by Gasteiger charge is 2.23. The second kappa shape index (κ2) is 6.81. The molecule has 114 valence electrons. The standard InChI is InChI=1S/C21H19OP/c1-18-12-14-19(15-13-18)16-17-23(22,20-8-4-2-5-9-20)21-10-6-3-7-11-21/h2-17H,1H3/b17-16-. The highest BCUT2D eigenvalue weighted by molar-refractivity contribution is 7.81. The Kier molecular flexibility index (Phi) is 4.60. The molecule has 3 aromatic rings. The lowest BCUT2D eigenvalue weighted by Crippen LogP contribution is -2.13. The molecule has 0 atom stereocenters. The molecule has 0 fully saturated rings. The predicted molar refractivity (Wildman–Crippen MR) is 100.0 cm³/mol. The van der Waals surface area contributed by atoms with Crippen LogP contribution in [-0.2, 0) is 4.57 Å². The summed E-state index contributed by atoms with van der Waals surface area (Å²) in [7, 11) is -2.78. The molecule has 0 spiro atoms. The smallest absolute Gasteiger partial charge is 0.164 e. The van der Waals surface area contributed by atoms with Crippen LogP contribution in [0, 0.1) is 6.92 Å². The molecule has 0 aromatic heterocycles. The summed E-state index contributed by atoms with van der Waals surface area (Å²) in [6, 6.07) is 27.6. The summed E-state index contributed by atoms with van der Waals surface area (Å²) in [4.78, 5) is 0. The fourth-order valence-electron chi connectivity index (χ4n) is 2.49. The maximum Gasteiger partial charge on any atom is 0.164 e. The molecule has 3 rings (SSSR count). The summed E-state index contributed by atoms with van der Waals surface area (Å²) in [6.07, 6.45) is 1.96. The van der Waals surface area contributed by atoms with Crippen LogP contribution in [0.1, 0.15) is 11.1 Å². The van der Waals surface area contributed by atoms with Gasteiger partial charge in [-0.1, -0.05) is 96.6 Å². The van der Waals surface area contributed by atoms with Gasteiger partial charge in [0.25, 0.3) is 0 Å². The highest BCUT2D eigenvalue weighted by atomic mass is 31.2. The molecule has 0 aliphatic carbocycles. The van der Waals surface area contributed by atoms with Crippen molar-refractivity contribution in [3.8, 4) is 0 Å². The first-order chi connectivity index (χ1) is 11.2. The number of benzene rings is 3. The monoisotopic (exact) mass is 318 g/mol. The molecule has 0 N–H and O–H groups in total. The van der Waals surface area contributed by atoms with E-state index in [1.165, 1.54) is 5.56 Å². The first-order valence-electron chi connectivity index (χ1n) is 7.65. The van der Waals surface area contributed by atoms with Gasteiger partial charge in [0.2, 0.25) is 0 Å². The van der Waals surface area contributed by atoms with Crippen molar-refractivity contribution in [1.29, 1.82) is 0 Å². The van der Waals surface area contributed by atoms with Crippen molar-refractivity contribution >= 4 is 23.8 Å². The Hall–Kier alpha value is -2.37. The second-order valence-electron chi connectivity index (χ2n) is 5.56. The molecule has 0 aliphatic rings. The van der Waals surface area contributed by atoms with Crippen molar-refractivity contribution < 1.29 is 4.57 Å². The second-order valence-corrected chi connectivity index (χ2v) is 8.20. The Morgan fingerprint density at radius 1 is 0.696 bits per heavy atom. The zero-order valence-electron chi connectivity index (χ0n) is 13.1. The van der Waals surface area contributed by atoms with Gasteiger partial charge >= 0.3 is 0 Å². The zero-order chi connectivity index (χ0) is 16.1. The highest BCUT2D eigenvalue weighted by Crippen LogP contribution is 2.45. The van der Waals surface area contributed by atoms with E-state index in [4.69, 9.17) is 0 Å². The van der Waals surface area contributed by atoms with Gasteiger partial charge in [-0.2, -0.15) is 0 Å². The third-order valence-electron chi connectivity index (χ3n) is 3.83. The van der Waals surface area contributed by atoms with Gasteiger partial charge in [0, 0.05) is 10.6 Å². The lowest BCUT2D eigenvalue weighted by Gasteiger charge is -2.15. The summed E-state index contributed by atoms with van der Waals surface area (Å²) >= 11 is 0. The number of aryl methyl sites for hydroxylation is 1. The maximum atomic E-state index is 13.8. The van der Waals surface area contributed by atoms with Crippen LogP contribution in [-0.4, -0.2) is 0 Å².